The van der Waals surface area contributed by atoms with Gasteiger partial charge in [-0.05, 0) is 30.3 Å². The number of fused-ring (bicyclic) bond motifs is 1. The number of carbonyl (C=O) groups is 1. The average Bonchev–Trinajstić information content (AvgIpc) is 2.55. The van der Waals surface area contributed by atoms with Crippen molar-refractivity contribution in [3.05, 3.63) is 69.5 Å². The number of rotatable bonds is 3. The van der Waals surface area contributed by atoms with Crippen LogP contribution in [0.3, 0.4) is 0 Å². The first-order chi connectivity index (χ1) is 11.1. The normalized spacial score (nSPS) is 10.5. The summed E-state index contributed by atoms with van der Waals surface area (Å²) in [5, 5.41) is 3.42. The molecule has 23 heavy (non-hydrogen) atoms. The van der Waals surface area contributed by atoms with Crippen molar-refractivity contribution >= 4 is 34.2 Å². The molecular weight excluding hydrogens is 318 g/mol. The number of benzene rings is 2. The highest BCUT2D eigenvalue weighted by atomic mass is 35.5. The van der Waals surface area contributed by atoms with Crippen molar-refractivity contribution in [2.45, 2.75) is 0 Å². The topological polar surface area (TPSA) is 68.5 Å². The highest BCUT2D eigenvalue weighted by Crippen LogP contribution is 2.20. The summed E-state index contributed by atoms with van der Waals surface area (Å²) in [6, 6.07) is 12.7. The molecule has 6 heteroatoms. The third kappa shape index (κ3) is 3.19. The van der Waals surface area contributed by atoms with E-state index in [1.807, 2.05) is 0 Å². The molecule has 0 bridgehead atoms. The van der Waals surface area contributed by atoms with Gasteiger partial charge < -0.3 is 14.5 Å². The first kappa shape index (κ1) is 15.1. The molecule has 0 saturated heterocycles. The van der Waals surface area contributed by atoms with Crippen LogP contribution >= 0.6 is 11.6 Å². The van der Waals surface area contributed by atoms with E-state index in [-0.39, 0.29) is 11.2 Å². The molecule has 0 fully saturated rings. The van der Waals surface area contributed by atoms with Gasteiger partial charge in [0, 0.05) is 22.8 Å². The van der Waals surface area contributed by atoms with E-state index in [9.17, 15) is 9.59 Å². The van der Waals surface area contributed by atoms with Crippen molar-refractivity contribution in [3.63, 3.8) is 0 Å². The summed E-state index contributed by atoms with van der Waals surface area (Å²) in [5.41, 5.74) is 0.510. The molecule has 1 heterocycles. The van der Waals surface area contributed by atoms with E-state index in [4.69, 9.17) is 20.8 Å². The lowest BCUT2D eigenvalue weighted by molar-refractivity contribution is 0.0997. The molecule has 1 N–H and O–H groups in total. The molecule has 1 aromatic heterocycles. The van der Waals surface area contributed by atoms with Crippen molar-refractivity contribution in [1.82, 2.24) is 0 Å². The number of amides is 1. The molecular formula is C17H12ClNO4. The van der Waals surface area contributed by atoms with Crippen LogP contribution in [0.15, 0.2) is 57.7 Å². The van der Waals surface area contributed by atoms with E-state index in [1.54, 1.807) is 36.4 Å². The molecule has 0 spiro atoms. The zero-order valence-corrected chi connectivity index (χ0v) is 12.9. The number of ether oxygens (including phenoxy) is 1. The molecule has 2 aromatic carbocycles. The van der Waals surface area contributed by atoms with Crippen LogP contribution in [0.25, 0.3) is 11.0 Å². The first-order valence-corrected chi connectivity index (χ1v) is 7.13. The van der Waals surface area contributed by atoms with Gasteiger partial charge in [-0.2, -0.15) is 0 Å². The molecule has 0 aliphatic heterocycles. The quantitative estimate of drug-likeness (QED) is 0.795. The molecule has 0 aliphatic carbocycles. The van der Waals surface area contributed by atoms with Gasteiger partial charge in [0.1, 0.15) is 11.3 Å². The van der Waals surface area contributed by atoms with Crippen LogP contribution in [0.4, 0.5) is 5.69 Å². The van der Waals surface area contributed by atoms with Crippen LogP contribution in [-0.4, -0.2) is 13.0 Å². The lowest BCUT2D eigenvalue weighted by Crippen LogP contribution is -2.15. The predicted molar refractivity (Wildman–Crippen MR) is 88.4 cm³/mol. The van der Waals surface area contributed by atoms with Gasteiger partial charge in [-0.15, -0.1) is 0 Å². The van der Waals surface area contributed by atoms with E-state index in [0.29, 0.717) is 27.4 Å². The van der Waals surface area contributed by atoms with Gasteiger partial charge in [0.15, 0.2) is 11.2 Å². The van der Waals surface area contributed by atoms with E-state index in [1.165, 1.54) is 13.2 Å². The predicted octanol–water partition coefficient (Wildman–Crippen LogP) is 3.71. The molecule has 1 amide bonds. The summed E-state index contributed by atoms with van der Waals surface area (Å²) >= 11 is 5.86. The number of hydrogen-bond donors (Lipinski definition) is 1. The molecule has 3 rings (SSSR count). The monoisotopic (exact) mass is 329 g/mol. The van der Waals surface area contributed by atoms with Crippen molar-refractivity contribution in [1.29, 1.82) is 0 Å². The molecule has 0 unspecified atom stereocenters. The minimum Gasteiger partial charge on any atom is -0.497 e. The zero-order chi connectivity index (χ0) is 16.4. The Bertz CT molecular complexity index is 949. The SMILES string of the molecule is COc1cccc(NC(=O)c2cc(=O)c3cc(Cl)ccc3o2)c1. The molecule has 0 atom stereocenters. The summed E-state index contributed by atoms with van der Waals surface area (Å²) in [6.07, 6.45) is 0. The lowest BCUT2D eigenvalue weighted by atomic mass is 10.2. The van der Waals surface area contributed by atoms with Crippen molar-refractivity contribution in [3.8, 4) is 5.75 Å². The van der Waals surface area contributed by atoms with Crippen molar-refractivity contribution in [2.75, 3.05) is 12.4 Å². The minimum absolute atomic E-state index is 0.0763. The van der Waals surface area contributed by atoms with Gasteiger partial charge in [0.05, 0.1) is 12.5 Å². The summed E-state index contributed by atoms with van der Waals surface area (Å²) in [5.74, 6) is 0.0113. The van der Waals surface area contributed by atoms with Gasteiger partial charge in [0.2, 0.25) is 0 Å². The number of methoxy groups -OCH3 is 1. The lowest BCUT2D eigenvalue weighted by Gasteiger charge is -2.07. The third-order valence-corrected chi connectivity index (χ3v) is 3.48. The van der Waals surface area contributed by atoms with Crippen molar-refractivity contribution < 1.29 is 13.9 Å². The summed E-state index contributed by atoms with van der Waals surface area (Å²) in [7, 11) is 1.54. The van der Waals surface area contributed by atoms with Crippen LogP contribution in [0.5, 0.6) is 5.75 Å². The highest BCUT2D eigenvalue weighted by Gasteiger charge is 2.13. The Morgan fingerprint density at radius 3 is 2.78 bits per heavy atom. The standard InChI is InChI=1S/C17H12ClNO4/c1-22-12-4-2-3-11(8-12)19-17(21)16-9-14(20)13-7-10(18)5-6-15(13)23-16/h2-9H,1H3,(H,19,21). The van der Waals surface area contributed by atoms with Gasteiger partial charge >= 0.3 is 0 Å². The number of anilines is 1. The fraction of sp³-hybridized carbons (Fsp3) is 0.0588. The Morgan fingerprint density at radius 2 is 2.00 bits per heavy atom. The maximum Gasteiger partial charge on any atom is 0.291 e. The maximum absolute atomic E-state index is 12.3. The number of hydrogen-bond acceptors (Lipinski definition) is 4. The van der Waals surface area contributed by atoms with Crippen LogP contribution in [0, 0.1) is 0 Å². The Balaban J connectivity index is 1.94. The second-order valence-electron chi connectivity index (χ2n) is 4.80. The molecule has 116 valence electrons. The van der Waals surface area contributed by atoms with Gasteiger partial charge in [-0.1, -0.05) is 17.7 Å². The molecule has 0 aliphatic rings. The molecule has 3 aromatic rings. The molecule has 0 saturated carbocycles. The Morgan fingerprint density at radius 1 is 1.17 bits per heavy atom. The van der Waals surface area contributed by atoms with Gasteiger partial charge in [-0.3, -0.25) is 9.59 Å². The van der Waals surface area contributed by atoms with Crippen LogP contribution < -0.4 is 15.5 Å². The fourth-order valence-corrected chi connectivity index (χ4v) is 2.31. The molecule has 0 radical (unpaired) electrons. The average molecular weight is 330 g/mol. The first-order valence-electron chi connectivity index (χ1n) is 6.75. The van der Waals surface area contributed by atoms with Gasteiger partial charge in [0.25, 0.3) is 5.91 Å². The van der Waals surface area contributed by atoms with Crippen molar-refractivity contribution in [2.24, 2.45) is 0 Å². The smallest absolute Gasteiger partial charge is 0.291 e. The number of nitrogens with one attached hydrogen (secondary N) is 1. The van der Waals surface area contributed by atoms with E-state index in [0.717, 1.165) is 6.07 Å². The Hall–Kier alpha value is -2.79. The summed E-state index contributed by atoms with van der Waals surface area (Å²) in [4.78, 5) is 24.4. The van der Waals surface area contributed by atoms with Crippen LogP contribution in [0.1, 0.15) is 10.6 Å². The second kappa shape index (κ2) is 6.14. The maximum atomic E-state index is 12.3. The fourth-order valence-electron chi connectivity index (χ4n) is 2.13. The largest absolute Gasteiger partial charge is 0.497 e. The van der Waals surface area contributed by atoms with Crippen LogP contribution in [0.2, 0.25) is 5.02 Å². The number of carbonyl (C=O) groups excluding carboxylic acids is 1. The second-order valence-corrected chi connectivity index (χ2v) is 5.24. The minimum atomic E-state index is -0.521. The Labute approximate surface area is 136 Å². The van der Waals surface area contributed by atoms with E-state index >= 15 is 0 Å². The summed E-state index contributed by atoms with van der Waals surface area (Å²) in [6.45, 7) is 0. The summed E-state index contributed by atoms with van der Waals surface area (Å²) < 4.78 is 10.6. The zero-order valence-electron chi connectivity index (χ0n) is 12.1. The highest BCUT2D eigenvalue weighted by molar-refractivity contribution is 6.31. The third-order valence-electron chi connectivity index (χ3n) is 3.24. The van der Waals surface area contributed by atoms with E-state index in [2.05, 4.69) is 5.32 Å². The number of halogens is 1. The Kier molecular flexibility index (Phi) is 4.04. The van der Waals surface area contributed by atoms with Gasteiger partial charge in [-0.25, -0.2) is 0 Å². The van der Waals surface area contributed by atoms with Crippen LogP contribution in [-0.2, 0) is 0 Å². The van der Waals surface area contributed by atoms with E-state index < -0.39 is 5.91 Å². The molecule has 5 nitrogen and oxygen atoms in total.